The third-order valence-corrected chi connectivity index (χ3v) is 4.66. The lowest BCUT2D eigenvalue weighted by molar-refractivity contribution is 0.148. The molecule has 5 nitrogen and oxygen atoms in total. The summed E-state index contributed by atoms with van der Waals surface area (Å²) < 4.78 is 0. The second-order valence-electron chi connectivity index (χ2n) is 6.32. The van der Waals surface area contributed by atoms with Crippen molar-refractivity contribution < 1.29 is 0 Å². The fourth-order valence-electron chi connectivity index (χ4n) is 3.19. The zero-order chi connectivity index (χ0) is 14.4. The lowest BCUT2D eigenvalue weighted by Crippen LogP contribution is -2.43. The van der Waals surface area contributed by atoms with E-state index in [2.05, 4.69) is 33.8 Å². The number of nitrogens with two attached hydrogens (primary N) is 1. The molecule has 2 aliphatic rings. The molecular weight excluding hydrogens is 377 g/mol. The van der Waals surface area contributed by atoms with Crippen LogP contribution in [0.4, 0.5) is 0 Å². The Hall–Kier alpha value is -0.0800. The van der Waals surface area contributed by atoms with Crippen LogP contribution in [0.3, 0.4) is 0 Å². The maximum absolute atomic E-state index is 6.08. The van der Waals surface area contributed by atoms with Crippen LogP contribution in [-0.4, -0.2) is 80.1 Å². The summed E-state index contributed by atoms with van der Waals surface area (Å²) >= 11 is 0. The van der Waals surface area contributed by atoms with E-state index in [1.807, 2.05) is 0 Å². The molecule has 0 saturated carbocycles. The van der Waals surface area contributed by atoms with Crippen molar-refractivity contribution in [2.24, 2.45) is 10.7 Å². The van der Waals surface area contributed by atoms with Crippen LogP contribution in [0.1, 0.15) is 32.1 Å². The molecule has 0 aromatic rings. The van der Waals surface area contributed by atoms with E-state index >= 15 is 0 Å². The maximum Gasteiger partial charge on any atom is 0.191 e. The van der Waals surface area contributed by atoms with E-state index in [9.17, 15) is 0 Å². The standard InChI is InChI=1S/C15H31N5.HI/c1-18(2)14-6-11-19(12-7-14)13-8-17-15(16)20-9-4-3-5-10-20;/h14H,3-13H2,1-2H3,(H2,16,17);1H. The van der Waals surface area contributed by atoms with E-state index in [4.69, 9.17) is 5.73 Å². The predicted molar refractivity (Wildman–Crippen MR) is 100 cm³/mol. The Balaban J connectivity index is 0.00000220. The van der Waals surface area contributed by atoms with Crippen molar-refractivity contribution in [1.82, 2.24) is 14.7 Å². The Morgan fingerprint density at radius 3 is 2.29 bits per heavy atom. The molecule has 0 aromatic heterocycles. The number of hydrogen-bond donors (Lipinski definition) is 1. The Morgan fingerprint density at radius 2 is 1.71 bits per heavy atom. The van der Waals surface area contributed by atoms with Crippen molar-refractivity contribution in [2.45, 2.75) is 38.1 Å². The molecule has 0 aromatic carbocycles. The molecule has 2 N–H and O–H groups in total. The van der Waals surface area contributed by atoms with Crippen molar-refractivity contribution in [3.05, 3.63) is 0 Å². The highest BCUT2D eigenvalue weighted by Crippen LogP contribution is 2.13. The van der Waals surface area contributed by atoms with Crippen LogP contribution in [0.25, 0.3) is 0 Å². The smallest absolute Gasteiger partial charge is 0.191 e. The molecule has 0 aliphatic carbocycles. The number of piperidine rings is 2. The Bertz CT molecular complexity index is 307. The van der Waals surface area contributed by atoms with Crippen LogP contribution in [0.5, 0.6) is 0 Å². The lowest BCUT2D eigenvalue weighted by Gasteiger charge is -2.35. The Kier molecular flexibility index (Phi) is 8.89. The molecule has 2 rings (SSSR count). The normalized spacial score (nSPS) is 22.4. The molecule has 2 saturated heterocycles. The minimum absolute atomic E-state index is 0. The van der Waals surface area contributed by atoms with E-state index in [0.717, 1.165) is 38.2 Å². The van der Waals surface area contributed by atoms with Crippen LogP contribution < -0.4 is 5.73 Å². The van der Waals surface area contributed by atoms with Crippen LogP contribution >= 0.6 is 24.0 Å². The molecule has 0 radical (unpaired) electrons. The van der Waals surface area contributed by atoms with Gasteiger partial charge >= 0.3 is 0 Å². The second kappa shape index (κ2) is 9.84. The van der Waals surface area contributed by atoms with Gasteiger partial charge in [0.25, 0.3) is 0 Å². The van der Waals surface area contributed by atoms with Crippen LogP contribution in [0, 0.1) is 0 Å². The number of likely N-dealkylation sites (tertiary alicyclic amines) is 2. The number of hydrogen-bond acceptors (Lipinski definition) is 3. The molecule has 2 aliphatic heterocycles. The summed E-state index contributed by atoms with van der Waals surface area (Å²) in [5, 5.41) is 0. The van der Waals surface area contributed by atoms with Gasteiger partial charge in [0.2, 0.25) is 0 Å². The molecule has 2 fully saturated rings. The third kappa shape index (κ3) is 6.28. The molecule has 6 heteroatoms. The van der Waals surface area contributed by atoms with E-state index in [1.165, 1.54) is 45.2 Å². The summed E-state index contributed by atoms with van der Waals surface area (Å²) in [5.74, 6) is 0.757. The molecule has 0 bridgehead atoms. The monoisotopic (exact) mass is 409 g/mol. The number of halogens is 1. The van der Waals surface area contributed by atoms with Gasteiger partial charge < -0.3 is 20.4 Å². The summed E-state index contributed by atoms with van der Waals surface area (Å²) in [6.45, 7) is 6.46. The van der Waals surface area contributed by atoms with Gasteiger partial charge in [-0.1, -0.05) is 0 Å². The van der Waals surface area contributed by atoms with Crippen LogP contribution in [0.15, 0.2) is 4.99 Å². The van der Waals surface area contributed by atoms with E-state index in [1.54, 1.807) is 0 Å². The van der Waals surface area contributed by atoms with Crippen LogP contribution in [0.2, 0.25) is 0 Å². The van der Waals surface area contributed by atoms with Gasteiger partial charge in [-0.05, 0) is 59.3 Å². The molecular formula is C15H32IN5. The maximum atomic E-state index is 6.08. The SMILES string of the molecule is CN(C)C1CCN(CCN=C(N)N2CCCCC2)CC1.I. The molecule has 21 heavy (non-hydrogen) atoms. The summed E-state index contributed by atoms with van der Waals surface area (Å²) in [5.41, 5.74) is 6.08. The van der Waals surface area contributed by atoms with Gasteiger partial charge in [-0.25, -0.2) is 0 Å². The summed E-state index contributed by atoms with van der Waals surface area (Å²) in [7, 11) is 4.37. The average molecular weight is 409 g/mol. The minimum atomic E-state index is 0. The first-order valence-corrected chi connectivity index (χ1v) is 8.10. The van der Waals surface area contributed by atoms with Gasteiger partial charge in [0.05, 0.1) is 6.54 Å². The fourth-order valence-corrected chi connectivity index (χ4v) is 3.19. The quantitative estimate of drug-likeness (QED) is 0.434. The average Bonchev–Trinajstić information content (AvgIpc) is 2.48. The first kappa shape index (κ1) is 19.0. The number of guanidine groups is 1. The van der Waals surface area contributed by atoms with Crippen LogP contribution in [-0.2, 0) is 0 Å². The molecule has 2 heterocycles. The largest absolute Gasteiger partial charge is 0.370 e. The van der Waals surface area contributed by atoms with Crippen molar-refractivity contribution in [3.8, 4) is 0 Å². The number of nitrogens with zero attached hydrogens (tertiary/aromatic N) is 4. The summed E-state index contributed by atoms with van der Waals surface area (Å²) in [6, 6.07) is 0.758. The Labute approximate surface area is 146 Å². The highest BCUT2D eigenvalue weighted by atomic mass is 127. The highest BCUT2D eigenvalue weighted by Gasteiger charge is 2.20. The van der Waals surface area contributed by atoms with Crippen molar-refractivity contribution in [2.75, 3.05) is 53.4 Å². The van der Waals surface area contributed by atoms with Gasteiger partial charge in [0, 0.05) is 25.7 Å². The number of aliphatic imine (C=N–C) groups is 1. The lowest BCUT2D eigenvalue weighted by atomic mass is 10.0. The second-order valence-corrected chi connectivity index (χ2v) is 6.32. The summed E-state index contributed by atoms with van der Waals surface area (Å²) in [6.07, 6.45) is 6.41. The van der Waals surface area contributed by atoms with Crippen molar-refractivity contribution >= 4 is 29.9 Å². The minimum Gasteiger partial charge on any atom is -0.370 e. The van der Waals surface area contributed by atoms with Crippen molar-refractivity contribution in [3.63, 3.8) is 0 Å². The van der Waals surface area contributed by atoms with Gasteiger partial charge in [-0.3, -0.25) is 4.99 Å². The zero-order valence-corrected chi connectivity index (χ0v) is 16.0. The fraction of sp³-hybridized carbons (Fsp3) is 0.933. The first-order chi connectivity index (χ1) is 9.66. The van der Waals surface area contributed by atoms with Gasteiger partial charge in [-0.2, -0.15) is 0 Å². The van der Waals surface area contributed by atoms with Gasteiger partial charge in [-0.15, -0.1) is 24.0 Å². The third-order valence-electron chi connectivity index (χ3n) is 4.66. The summed E-state index contributed by atoms with van der Waals surface area (Å²) in [4.78, 5) is 11.7. The molecule has 0 unspecified atom stereocenters. The zero-order valence-electron chi connectivity index (χ0n) is 13.6. The molecule has 0 amide bonds. The molecule has 0 spiro atoms. The van der Waals surface area contributed by atoms with Gasteiger partial charge in [0.15, 0.2) is 5.96 Å². The molecule has 0 atom stereocenters. The first-order valence-electron chi connectivity index (χ1n) is 8.10. The van der Waals surface area contributed by atoms with E-state index in [-0.39, 0.29) is 24.0 Å². The molecule has 124 valence electrons. The number of rotatable bonds is 4. The van der Waals surface area contributed by atoms with E-state index < -0.39 is 0 Å². The van der Waals surface area contributed by atoms with E-state index in [0.29, 0.717) is 0 Å². The topological polar surface area (TPSA) is 48.1 Å². The van der Waals surface area contributed by atoms with Gasteiger partial charge in [0.1, 0.15) is 0 Å². The predicted octanol–water partition coefficient (Wildman–Crippen LogP) is 1.43. The Morgan fingerprint density at radius 1 is 1.10 bits per heavy atom. The highest BCUT2D eigenvalue weighted by molar-refractivity contribution is 14.0. The van der Waals surface area contributed by atoms with Crippen molar-refractivity contribution in [1.29, 1.82) is 0 Å².